The molecule has 27 heavy (non-hydrogen) atoms. The second-order valence-electron chi connectivity index (χ2n) is 7.75. The lowest BCUT2D eigenvalue weighted by Gasteiger charge is -2.26. The third-order valence-electron chi connectivity index (χ3n) is 5.89. The SMILES string of the molecule is Oc1c(C2=NCCOC2)c2cc(CC3COC3)ccc2n1C1CCOCC1. The highest BCUT2D eigenvalue weighted by Crippen LogP contribution is 2.39. The van der Waals surface area contributed by atoms with Crippen LogP contribution in [0.5, 0.6) is 5.88 Å². The lowest BCUT2D eigenvalue weighted by molar-refractivity contribution is -0.0312. The lowest BCUT2D eigenvalue weighted by Crippen LogP contribution is -2.29. The first-order valence-corrected chi connectivity index (χ1v) is 9.94. The van der Waals surface area contributed by atoms with Crippen LogP contribution in [-0.4, -0.2) is 61.6 Å². The fraction of sp³-hybridized carbons (Fsp3) is 0.571. The maximum absolute atomic E-state index is 11.2. The Kier molecular flexibility index (Phi) is 4.63. The first-order valence-electron chi connectivity index (χ1n) is 9.94. The van der Waals surface area contributed by atoms with Gasteiger partial charge < -0.3 is 23.9 Å². The highest BCUT2D eigenvalue weighted by atomic mass is 16.5. The van der Waals surface area contributed by atoms with Crippen molar-refractivity contribution in [1.29, 1.82) is 0 Å². The van der Waals surface area contributed by atoms with Crippen LogP contribution in [0, 0.1) is 5.92 Å². The third-order valence-corrected chi connectivity index (χ3v) is 5.89. The summed E-state index contributed by atoms with van der Waals surface area (Å²) in [7, 11) is 0. The van der Waals surface area contributed by atoms with E-state index in [0.717, 1.165) is 67.9 Å². The van der Waals surface area contributed by atoms with Crippen molar-refractivity contribution < 1.29 is 19.3 Å². The van der Waals surface area contributed by atoms with Crippen molar-refractivity contribution in [3.63, 3.8) is 0 Å². The van der Waals surface area contributed by atoms with Crippen molar-refractivity contribution in [2.45, 2.75) is 25.3 Å². The molecule has 0 atom stereocenters. The number of hydrogen-bond acceptors (Lipinski definition) is 5. The van der Waals surface area contributed by atoms with Gasteiger partial charge in [0.05, 0.1) is 49.8 Å². The minimum absolute atomic E-state index is 0.256. The summed E-state index contributed by atoms with van der Waals surface area (Å²) in [6.07, 6.45) is 2.85. The van der Waals surface area contributed by atoms with Gasteiger partial charge in [-0.05, 0) is 37.0 Å². The number of fused-ring (bicyclic) bond motifs is 1. The van der Waals surface area contributed by atoms with Crippen LogP contribution in [0.1, 0.15) is 30.0 Å². The fourth-order valence-corrected chi connectivity index (χ4v) is 4.42. The normalized spacial score (nSPS) is 22.0. The summed E-state index contributed by atoms with van der Waals surface area (Å²) in [4.78, 5) is 4.66. The van der Waals surface area contributed by atoms with Gasteiger partial charge in [0.15, 0.2) is 0 Å². The van der Waals surface area contributed by atoms with Gasteiger partial charge in [0.1, 0.15) is 0 Å². The highest BCUT2D eigenvalue weighted by Gasteiger charge is 2.28. The molecular weight excluding hydrogens is 344 g/mol. The van der Waals surface area contributed by atoms with Gasteiger partial charge in [-0.3, -0.25) is 4.99 Å². The van der Waals surface area contributed by atoms with E-state index in [0.29, 0.717) is 31.6 Å². The average Bonchev–Trinajstić information content (AvgIpc) is 2.97. The van der Waals surface area contributed by atoms with Gasteiger partial charge in [-0.25, -0.2) is 0 Å². The zero-order valence-corrected chi connectivity index (χ0v) is 15.5. The Morgan fingerprint density at radius 2 is 1.93 bits per heavy atom. The van der Waals surface area contributed by atoms with E-state index in [1.165, 1.54) is 5.56 Å². The number of benzene rings is 1. The second-order valence-corrected chi connectivity index (χ2v) is 7.75. The number of aliphatic imine (C=N–C) groups is 1. The number of rotatable bonds is 4. The van der Waals surface area contributed by atoms with Gasteiger partial charge in [0, 0.05) is 30.6 Å². The summed E-state index contributed by atoms with van der Waals surface area (Å²) in [5, 5.41) is 12.3. The molecule has 6 heteroatoms. The van der Waals surface area contributed by atoms with E-state index in [1.54, 1.807) is 0 Å². The Bertz CT molecular complexity index is 863. The van der Waals surface area contributed by atoms with Crippen LogP contribution >= 0.6 is 0 Å². The number of aromatic hydroxyl groups is 1. The topological polar surface area (TPSA) is 65.2 Å². The number of aromatic nitrogens is 1. The van der Waals surface area contributed by atoms with Gasteiger partial charge in [0.2, 0.25) is 5.88 Å². The maximum Gasteiger partial charge on any atom is 0.201 e. The zero-order valence-electron chi connectivity index (χ0n) is 15.5. The molecule has 144 valence electrons. The largest absolute Gasteiger partial charge is 0.494 e. The molecule has 1 aromatic carbocycles. The summed E-state index contributed by atoms with van der Waals surface area (Å²) in [5.41, 5.74) is 4.08. The number of hydrogen-bond donors (Lipinski definition) is 1. The molecule has 2 aromatic rings. The van der Waals surface area contributed by atoms with Gasteiger partial charge in [-0.1, -0.05) is 6.07 Å². The van der Waals surface area contributed by atoms with E-state index in [4.69, 9.17) is 14.2 Å². The Balaban J connectivity index is 1.62. The molecule has 0 saturated carbocycles. The third kappa shape index (κ3) is 3.16. The molecule has 4 heterocycles. The molecule has 0 aliphatic carbocycles. The van der Waals surface area contributed by atoms with E-state index in [1.807, 2.05) is 0 Å². The summed E-state index contributed by atoms with van der Waals surface area (Å²) in [5.74, 6) is 0.928. The first kappa shape index (κ1) is 17.2. The minimum atomic E-state index is 0.256. The summed E-state index contributed by atoms with van der Waals surface area (Å²) in [6, 6.07) is 6.84. The molecule has 0 spiro atoms. The first-order chi connectivity index (χ1) is 13.3. The molecule has 5 rings (SSSR count). The summed E-state index contributed by atoms with van der Waals surface area (Å²) < 4.78 is 18.6. The van der Waals surface area contributed by atoms with Crippen molar-refractivity contribution in [3.8, 4) is 5.88 Å². The van der Waals surface area contributed by atoms with Crippen molar-refractivity contribution in [2.75, 3.05) is 46.2 Å². The van der Waals surface area contributed by atoms with Crippen molar-refractivity contribution >= 4 is 16.6 Å². The molecule has 6 nitrogen and oxygen atoms in total. The van der Waals surface area contributed by atoms with Crippen LogP contribution < -0.4 is 0 Å². The summed E-state index contributed by atoms with van der Waals surface area (Å²) >= 11 is 0. The van der Waals surface area contributed by atoms with Crippen molar-refractivity contribution in [2.24, 2.45) is 10.9 Å². The van der Waals surface area contributed by atoms with E-state index in [9.17, 15) is 5.11 Å². The van der Waals surface area contributed by atoms with Crippen molar-refractivity contribution in [1.82, 2.24) is 4.57 Å². The Morgan fingerprint density at radius 1 is 1.07 bits per heavy atom. The predicted octanol–water partition coefficient (Wildman–Crippen LogP) is 2.71. The molecular formula is C21H26N2O4. The summed E-state index contributed by atoms with van der Waals surface area (Å²) in [6.45, 7) is 4.93. The van der Waals surface area contributed by atoms with Crippen LogP contribution in [0.2, 0.25) is 0 Å². The molecule has 0 radical (unpaired) electrons. The molecule has 0 bridgehead atoms. The van der Waals surface area contributed by atoms with Crippen LogP contribution in [0.15, 0.2) is 23.2 Å². The molecule has 3 aliphatic rings. The molecule has 1 N–H and O–H groups in total. The number of nitrogens with zero attached hydrogens (tertiary/aromatic N) is 2. The Hall–Kier alpha value is -1.89. The van der Waals surface area contributed by atoms with E-state index in [2.05, 4.69) is 27.8 Å². The highest BCUT2D eigenvalue weighted by molar-refractivity contribution is 6.14. The lowest BCUT2D eigenvalue weighted by atomic mass is 9.96. The van der Waals surface area contributed by atoms with E-state index in [-0.39, 0.29) is 6.04 Å². The van der Waals surface area contributed by atoms with Crippen LogP contribution in [-0.2, 0) is 20.6 Å². The Morgan fingerprint density at radius 3 is 2.63 bits per heavy atom. The quantitative estimate of drug-likeness (QED) is 0.899. The van der Waals surface area contributed by atoms with Gasteiger partial charge >= 0.3 is 0 Å². The predicted molar refractivity (Wildman–Crippen MR) is 103 cm³/mol. The molecule has 3 aliphatic heterocycles. The standard InChI is InChI=1S/C21H26N2O4/c24-21-20(18-13-26-8-5-22-18)17-10-14(9-15-11-27-12-15)1-2-19(17)23(21)16-3-6-25-7-4-16/h1-2,10,15-16,24H,3-9,11-13H2. The second kappa shape index (κ2) is 7.26. The van der Waals surface area contributed by atoms with Gasteiger partial charge in [-0.2, -0.15) is 0 Å². The van der Waals surface area contributed by atoms with Crippen LogP contribution in [0.4, 0.5) is 0 Å². The molecule has 2 saturated heterocycles. The average molecular weight is 370 g/mol. The molecule has 0 amide bonds. The molecule has 1 aromatic heterocycles. The van der Waals surface area contributed by atoms with Crippen LogP contribution in [0.25, 0.3) is 10.9 Å². The smallest absolute Gasteiger partial charge is 0.201 e. The van der Waals surface area contributed by atoms with Gasteiger partial charge in [0.25, 0.3) is 0 Å². The monoisotopic (exact) mass is 370 g/mol. The van der Waals surface area contributed by atoms with Crippen LogP contribution in [0.3, 0.4) is 0 Å². The minimum Gasteiger partial charge on any atom is -0.494 e. The van der Waals surface area contributed by atoms with Crippen molar-refractivity contribution in [3.05, 3.63) is 29.3 Å². The molecule has 0 unspecified atom stereocenters. The fourth-order valence-electron chi connectivity index (χ4n) is 4.42. The Labute approximate surface area is 158 Å². The van der Waals surface area contributed by atoms with Gasteiger partial charge in [-0.15, -0.1) is 0 Å². The maximum atomic E-state index is 11.2. The van der Waals surface area contributed by atoms with E-state index < -0.39 is 0 Å². The number of ether oxygens (including phenoxy) is 3. The zero-order chi connectivity index (χ0) is 18.2. The molecule has 2 fully saturated rings. The van der Waals surface area contributed by atoms with E-state index >= 15 is 0 Å².